The van der Waals surface area contributed by atoms with Gasteiger partial charge in [-0.3, -0.25) is 4.79 Å². The molecule has 32 heavy (non-hydrogen) atoms. The molecule has 7 heteroatoms. The number of amides is 1. The topological polar surface area (TPSA) is 85.6 Å². The molecule has 0 atom stereocenters. The van der Waals surface area contributed by atoms with E-state index in [0.717, 1.165) is 21.9 Å². The Morgan fingerprint density at radius 3 is 2.59 bits per heavy atom. The smallest absolute Gasteiger partial charge is 0.340 e. The van der Waals surface area contributed by atoms with E-state index in [1.165, 1.54) is 0 Å². The highest BCUT2D eigenvalue weighted by Crippen LogP contribution is 2.35. The van der Waals surface area contributed by atoms with Gasteiger partial charge >= 0.3 is 5.63 Å². The number of halogens is 1. The predicted octanol–water partition coefficient (Wildman–Crippen LogP) is 5.62. The summed E-state index contributed by atoms with van der Waals surface area (Å²) >= 11 is 6.01. The molecule has 0 unspecified atom stereocenters. The number of carbonyl (C=O) groups excluding carboxylic acids is 1. The Balaban J connectivity index is 1.52. The van der Waals surface area contributed by atoms with Crippen molar-refractivity contribution in [3.8, 4) is 11.1 Å². The van der Waals surface area contributed by atoms with E-state index in [0.29, 0.717) is 33.1 Å². The fourth-order valence-corrected chi connectivity index (χ4v) is 3.92. The number of aryl methyl sites for hydroxylation is 1. The van der Waals surface area contributed by atoms with Gasteiger partial charge in [-0.25, -0.2) is 4.79 Å². The molecule has 0 aliphatic carbocycles. The van der Waals surface area contributed by atoms with Crippen LogP contribution in [-0.2, 0) is 17.8 Å². The SMILES string of the molecule is Cc1c(CC(=O)NCc2ccco2)c(=O)oc2cc3occ(-c4ccc(Cl)cc4)c3cc12. The molecule has 0 aliphatic heterocycles. The second-order valence-corrected chi connectivity index (χ2v) is 7.96. The first-order valence-electron chi connectivity index (χ1n) is 10.0. The van der Waals surface area contributed by atoms with Gasteiger partial charge in [0.25, 0.3) is 0 Å². The highest BCUT2D eigenvalue weighted by atomic mass is 35.5. The number of rotatable bonds is 5. The van der Waals surface area contributed by atoms with E-state index < -0.39 is 5.63 Å². The van der Waals surface area contributed by atoms with Crippen LogP contribution in [0.15, 0.2) is 79.1 Å². The van der Waals surface area contributed by atoms with Gasteiger partial charge in [0, 0.05) is 27.4 Å². The number of benzene rings is 2. The summed E-state index contributed by atoms with van der Waals surface area (Å²) in [6, 6.07) is 14.6. The molecule has 2 aromatic carbocycles. The number of fused-ring (bicyclic) bond motifs is 2. The highest BCUT2D eigenvalue weighted by Gasteiger charge is 2.18. The Morgan fingerprint density at radius 1 is 1.03 bits per heavy atom. The molecule has 0 spiro atoms. The summed E-state index contributed by atoms with van der Waals surface area (Å²) in [5.41, 5.74) is 3.37. The maximum atomic E-state index is 12.6. The first-order chi connectivity index (χ1) is 15.5. The van der Waals surface area contributed by atoms with Crippen molar-refractivity contribution in [2.75, 3.05) is 0 Å². The van der Waals surface area contributed by atoms with Crippen molar-refractivity contribution in [2.45, 2.75) is 19.9 Å². The van der Waals surface area contributed by atoms with Gasteiger partial charge in [0.2, 0.25) is 5.91 Å². The maximum Gasteiger partial charge on any atom is 0.340 e. The van der Waals surface area contributed by atoms with Gasteiger partial charge in [-0.1, -0.05) is 23.7 Å². The van der Waals surface area contributed by atoms with Crippen LogP contribution in [0.5, 0.6) is 0 Å². The number of furan rings is 2. The van der Waals surface area contributed by atoms with Gasteiger partial charge in [-0.05, 0) is 48.4 Å². The summed E-state index contributed by atoms with van der Waals surface area (Å²) in [7, 11) is 0. The minimum Gasteiger partial charge on any atom is -0.467 e. The van der Waals surface area contributed by atoms with Crippen molar-refractivity contribution >= 4 is 39.4 Å². The van der Waals surface area contributed by atoms with Crippen LogP contribution in [0.4, 0.5) is 0 Å². The zero-order valence-electron chi connectivity index (χ0n) is 17.1. The molecule has 5 aromatic rings. The van der Waals surface area contributed by atoms with E-state index in [2.05, 4.69) is 5.32 Å². The molecule has 5 rings (SSSR count). The summed E-state index contributed by atoms with van der Waals surface area (Å²) in [4.78, 5) is 25.0. The van der Waals surface area contributed by atoms with Crippen molar-refractivity contribution < 1.29 is 18.0 Å². The van der Waals surface area contributed by atoms with Gasteiger partial charge in [-0.15, -0.1) is 0 Å². The summed E-state index contributed by atoms with van der Waals surface area (Å²) < 4.78 is 16.5. The molecule has 1 N–H and O–H groups in total. The number of carbonyl (C=O) groups is 1. The van der Waals surface area contributed by atoms with Crippen LogP contribution < -0.4 is 10.9 Å². The average Bonchev–Trinajstić information content (AvgIpc) is 3.44. The molecule has 0 fully saturated rings. The monoisotopic (exact) mass is 447 g/mol. The molecule has 6 nitrogen and oxygen atoms in total. The second kappa shape index (κ2) is 8.05. The summed E-state index contributed by atoms with van der Waals surface area (Å²) in [6.45, 7) is 2.08. The molecule has 0 saturated heterocycles. The maximum absolute atomic E-state index is 12.6. The Hall–Kier alpha value is -3.77. The third kappa shape index (κ3) is 3.69. The lowest BCUT2D eigenvalue weighted by Gasteiger charge is -2.09. The van der Waals surface area contributed by atoms with Gasteiger partial charge in [0.1, 0.15) is 16.9 Å². The first-order valence-corrected chi connectivity index (χ1v) is 10.4. The molecule has 0 saturated carbocycles. The Labute approximate surface area is 187 Å². The van der Waals surface area contributed by atoms with E-state index in [9.17, 15) is 9.59 Å². The lowest BCUT2D eigenvalue weighted by atomic mass is 9.99. The lowest BCUT2D eigenvalue weighted by Crippen LogP contribution is -2.27. The average molecular weight is 448 g/mol. The zero-order chi connectivity index (χ0) is 22.2. The van der Waals surface area contributed by atoms with Crippen molar-refractivity contribution in [3.63, 3.8) is 0 Å². The molecular weight excluding hydrogens is 430 g/mol. The third-order valence-corrected chi connectivity index (χ3v) is 5.77. The molecule has 0 bridgehead atoms. The van der Waals surface area contributed by atoms with Crippen LogP contribution in [0.25, 0.3) is 33.1 Å². The van der Waals surface area contributed by atoms with Crippen molar-refractivity contribution in [1.29, 1.82) is 0 Å². The summed E-state index contributed by atoms with van der Waals surface area (Å²) in [6.07, 6.45) is 3.13. The van der Waals surface area contributed by atoms with Gasteiger partial charge in [0.05, 0.1) is 31.1 Å². The van der Waals surface area contributed by atoms with Crippen LogP contribution in [-0.4, -0.2) is 5.91 Å². The Bertz CT molecular complexity index is 1490. The van der Waals surface area contributed by atoms with E-state index >= 15 is 0 Å². The third-order valence-electron chi connectivity index (χ3n) is 5.51. The van der Waals surface area contributed by atoms with E-state index in [1.54, 1.807) is 30.7 Å². The molecule has 160 valence electrons. The number of hydrogen-bond acceptors (Lipinski definition) is 5. The van der Waals surface area contributed by atoms with E-state index in [4.69, 9.17) is 24.9 Å². The zero-order valence-corrected chi connectivity index (χ0v) is 17.9. The van der Waals surface area contributed by atoms with Crippen LogP contribution in [0, 0.1) is 6.92 Å². The van der Waals surface area contributed by atoms with Gasteiger partial charge < -0.3 is 18.6 Å². The molecule has 0 aliphatic rings. The largest absolute Gasteiger partial charge is 0.467 e. The highest BCUT2D eigenvalue weighted by molar-refractivity contribution is 6.30. The molecule has 3 heterocycles. The Morgan fingerprint density at radius 2 is 1.84 bits per heavy atom. The minimum absolute atomic E-state index is 0.0850. The van der Waals surface area contributed by atoms with E-state index in [-0.39, 0.29) is 18.9 Å². The second-order valence-electron chi connectivity index (χ2n) is 7.53. The van der Waals surface area contributed by atoms with Crippen molar-refractivity contribution in [2.24, 2.45) is 0 Å². The quantitative estimate of drug-likeness (QED) is 0.353. The molecule has 0 radical (unpaired) electrons. The fraction of sp³-hybridized carbons (Fsp3) is 0.120. The first kappa shape index (κ1) is 20.2. The summed E-state index contributed by atoms with van der Waals surface area (Å²) in [5, 5.41) is 5.04. The number of nitrogens with one attached hydrogen (secondary N) is 1. The standard InChI is InChI=1S/C25H18ClNO5/c1-14-18-9-20-21(15-4-6-16(26)7-5-15)13-31-22(20)11-23(18)32-25(29)19(14)10-24(28)27-12-17-3-2-8-30-17/h2-9,11,13H,10,12H2,1H3,(H,27,28). The summed E-state index contributed by atoms with van der Waals surface area (Å²) in [5.74, 6) is 0.347. The normalized spacial score (nSPS) is 11.3. The van der Waals surface area contributed by atoms with Crippen LogP contribution in [0.1, 0.15) is 16.9 Å². The molecular formula is C25H18ClNO5. The lowest BCUT2D eigenvalue weighted by molar-refractivity contribution is -0.120. The molecule has 3 aromatic heterocycles. The van der Waals surface area contributed by atoms with Crippen molar-refractivity contribution in [1.82, 2.24) is 5.32 Å². The van der Waals surface area contributed by atoms with Gasteiger partial charge in [0.15, 0.2) is 0 Å². The van der Waals surface area contributed by atoms with E-state index in [1.807, 2.05) is 37.3 Å². The fourth-order valence-electron chi connectivity index (χ4n) is 3.79. The van der Waals surface area contributed by atoms with Crippen LogP contribution >= 0.6 is 11.6 Å². The van der Waals surface area contributed by atoms with Crippen LogP contribution in [0.3, 0.4) is 0 Å². The van der Waals surface area contributed by atoms with Crippen LogP contribution in [0.2, 0.25) is 5.02 Å². The molecule has 1 amide bonds. The minimum atomic E-state index is -0.535. The van der Waals surface area contributed by atoms with Gasteiger partial charge in [-0.2, -0.15) is 0 Å². The van der Waals surface area contributed by atoms with Crippen molar-refractivity contribution in [3.05, 3.63) is 93.4 Å². The number of hydrogen-bond donors (Lipinski definition) is 1. The Kier molecular flexibility index (Phi) is 5.07. The predicted molar refractivity (Wildman–Crippen MR) is 122 cm³/mol.